The standard InChI is InChI=1S/C14H13BrClFN4/c15-10-8-12-13(9-11(10)17)21(14(19-12)2-3-16)7-6-20-5-1-4-18-20/h1,4-5,8-9H,2-3,6-7H2. The molecule has 0 aliphatic rings. The summed E-state index contributed by atoms with van der Waals surface area (Å²) in [7, 11) is 0. The summed E-state index contributed by atoms with van der Waals surface area (Å²) in [4.78, 5) is 4.56. The molecule has 0 spiro atoms. The van der Waals surface area contributed by atoms with Crippen molar-refractivity contribution in [3.63, 3.8) is 0 Å². The Hall–Kier alpha value is -1.40. The summed E-state index contributed by atoms with van der Waals surface area (Å²) in [5.41, 5.74) is 1.55. The third kappa shape index (κ3) is 2.96. The van der Waals surface area contributed by atoms with Gasteiger partial charge in [0, 0.05) is 37.3 Å². The van der Waals surface area contributed by atoms with E-state index in [1.54, 1.807) is 12.3 Å². The van der Waals surface area contributed by atoms with Crippen molar-refractivity contribution in [2.45, 2.75) is 19.5 Å². The van der Waals surface area contributed by atoms with Crippen LogP contribution in [0.1, 0.15) is 5.82 Å². The van der Waals surface area contributed by atoms with Crippen LogP contribution in [0.3, 0.4) is 0 Å². The Morgan fingerprint density at radius 2 is 2.14 bits per heavy atom. The van der Waals surface area contributed by atoms with Gasteiger partial charge in [0.05, 0.1) is 22.1 Å². The first kappa shape index (κ1) is 14.5. The van der Waals surface area contributed by atoms with E-state index in [9.17, 15) is 4.39 Å². The largest absolute Gasteiger partial charge is 0.326 e. The van der Waals surface area contributed by atoms with Crippen LogP contribution >= 0.6 is 27.5 Å². The molecule has 7 heteroatoms. The molecule has 0 fully saturated rings. The number of fused-ring (bicyclic) bond motifs is 1. The molecule has 0 saturated carbocycles. The minimum atomic E-state index is -0.292. The molecule has 3 rings (SSSR count). The highest BCUT2D eigenvalue weighted by molar-refractivity contribution is 9.10. The van der Waals surface area contributed by atoms with Gasteiger partial charge in [-0.05, 0) is 28.1 Å². The first-order valence-electron chi connectivity index (χ1n) is 6.56. The molecule has 4 nitrogen and oxygen atoms in total. The number of hydrogen-bond donors (Lipinski definition) is 0. The van der Waals surface area contributed by atoms with Crippen molar-refractivity contribution in [3.8, 4) is 0 Å². The molecule has 0 aliphatic carbocycles. The number of rotatable bonds is 5. The van der Waals surface area contributed by atoms with Gasteiger partial charge in [0.25, 0.3) is 0 Å². The van der Waals surface area contributed by atoms with Crippen LogP contribution in [-0.2, 0) is 19.5 Å². The van der Waals surface area contributed by atoms with E-state index >= 15 is 0 Å². The number of hydrogen-bond acceptors (Lipinski definition) is 2. The zero-order valence-corrected chi connectivity index (χ0v) is 13.5. The van der Waals surface area contributed by atoms with Gasteiger partial charge in [0.2, 0.25) is 0 Å². The monoisotopic (exact) mass is 370 g/mol. The Balaban J connectivity index is 2.00. The van der Waals surface area contributed by atoms with E-state index in [-0.39, 0.29) is 5.82 Å². The lowest BCUT2D eigenvalue weighted by Crippen LogP contribution is -2.11. The molecule has 110 valence electrons. The smallest absolute Gasteiger partial charge is 0.139 e. The van der Waals surface area contributed by atoms with E-state index in [0.29, 0.717) is 29.9 Å². The third-order valence-electron chi connectivity index (χ3n) is 3.30. The fraction of sp³-hybridized carbons (Fsp3) is 0.286. The van der Waals surface area contributed by atoms with Gasteiger partial charge in [-0.3, -0.25) is 4.68 Å². The molecule has 0 saturated heterocycles. The van der Waals surface area contributed by atoms with Crippen molar-refractivity contribution < 1.29 is 4.39 Å². The van der Waals surface area contributed by atoms with E-state index in [2.05, 4.69) is 26.0 Å². The Morgan fingerprint density at radius 3 is 2.86 bits per heavy atom. The summed E-state index contributed by atoms with van der Waals surface area (Å²) in [6, 6.07) is 5.09. The number of nitrogens with zero attached hydrogens (tertiary/aromatic N) is 4. The van der Waals surface area contributed by atoms with Gasteiger partial charge in [0.15, 0.2) is 0 Å². The van der Waals surface area contributed by atoms with E-state index in [1.165, 1.54) is 6.07 Å². The molecule has 2 heterocycles. The molecule has 2 aromatic heterocycles. The van der Waals surface area contributed by atoms with E-state index in [1.807, 2.05) is 21.5 Å². The molecule has 0 atom stereocenters. The summed E-state index contributed by atoms with van der Waals surface area (Å²) in [5.74, 6) is 1.05. The summed E-state index contributed by atoms with van der Waals surface area (Å²) in [6.45, 7) is 1.37. The lowest BCUT2D eigenvalue weighted by Gasteiger charge is -2.09. The van der Waals surface area contributed by atoms with Gasteiger partial charge < -0.3 is 4.57 Å². The molecule has 0 N–H and O–H groups in total. The molecule has 0 radical (unpaired) electrons. The average Bonchev–Trinajstić information content (AvgIpc) is 3.06. The van der Waals surface area contributed by atoms with Crippen LogP contribution in [0, 0.1) is 5.82 Å². The van der Waals surface area contributed by atoms with Crippen LogP contribution in [0.25, 0.3) is 11.0 Å². The van der Waals surface area contributed by atoms with E-state index in [4.69, 9.17) is 11.6 Å². The van der Waals surface area contributed by atoms with Crippen molar-refractivity contribution in [1.29, 1.82) is 0 Å². The number of aryl methyl sites for hydroxylation is 3. The molecular weight excluding hydrogens is 359 g/mol. The molecule has 21 heavy (non-hydrogen) atoms. The van der Waals surface area contributed by atoms with Crippen LogP contribution < -0.4 is 0 Å². The highest BCUT2D eigenvalue weighted by atomic mass is 79.9. The minimum absolute atomic E-state index is 0.292. The second kappa shape index (κ2) is 6.15. The summed E-state index contributed by atoms with van der Waals surface area (Å²) in [5, 5.41) is 4.18. The number of alkyl halides is 1. The van der Waals surface area contributed by atoms with Crippen molar-refractivity contribution in [3.05, 3.63) is 46.7 Å². The molecule has 0 amide bonds. The Bertz CT molecular complexity index is 754. The lowest BCUT2D eigenvalue weighted by molar-refractivity contribution is 0.529. The Morgan fingerprint density at radius 1 is 1.29 bits per heavy atom. The molecule has 0 unspecified atom stereocenters. The predicted octanol–water partition coefficient (Wildman–Crippen LogP) is 3.62. The Labute approximate surface area is 134 Å². The summed E-state index contributed by atoms with van der Waals surface area (Å²) >= 11 is 9.04. The molecule has 1 aromatic carbocycles. The second-order valence-corrected chi connectivity index (χ2v) is 5.88. The normalized spacial score (nSPS) is 11.4. The predicted molar refractivity (Wildman–Crippen MR) is 84.0 cm³/mol. The first-order valence-corrected chi connectivity index (χ1v) is 7.89. The highest BCUT2D eigenvalue weighted by Gasteiger charge is 2.13. The lowest BCUT2D eigenvalue weighted by atomic mass is 10.3. The summed E-state index contributed by atoms with van der Waals surface area (Å²) in [6.07, 6.45) is 4.29. The second-order valence-electron chi connectivity index (χ2n) is 4.64. The van der Waals surface area contributed by atoms with Crippen LogP contribution in [0.15, 0.2) is 35.1 Å². The van der Waals surface area contributed by atoms with Crippen molar-refractivity contribution >= 4 is 38.6 Å². The van der Waals surface area contributed by atoms with Crippen LogP contribution in [0.2, 0.25) is 0 Å². The summed E-state index contributed by atoms with van der Waals surface area (Å²) < 4.78 is 18.1. The number of imidazole rings is 1. The quantitative estimate of drug-likeness (QED) is 0.642. The Kier molecular flexibility index (Phi) is 4.26. The maximum absolute atomic E-state index is 13.8. The van der Waals surface area contributed by atoms with Gasteiger partial charge in [0.1, 0.15) is 11.6 Å². The van der Waals surface area contributed by atoms with Gasteiger partial charge in [-0.1, -0.05) is 0 Å². The molecule has 0 bridgehead atoms. The zero-order valence-electron chi connectivity index (χ0n) is 11.1. The fourth-order valence-corrected chi connectivity index (χ4v) is 2.83. The molecular formula is C14H13BrClFN4. The SMILES string of the molecule is Fc1cc2c(cc1Br)nc(CCCl)n2CCn1cccn1. The highest BCUT2D eigenvalue weighted by Crippen LogP contribution is 2.24. The van der Waals surface area contributed by atoms with Crippen LogP contribution in [-0.4, -0.2) is 25.2 Å². The van der Waals surface area contributed by atoms with E-state index in [0.717, 1.165) is 16.9 Å². The van der Waals surface area contributed by atoms with Crippen LogP contribution in [0.4, 0.5) is 4.39 Å². The van der Waals surface area contributed by atoms with Crippen LogP contribution in [0.5, 0.6) is 0 Å². The number of halogens is 3. The number of benzene rings is 1. The maximum Gasteiger partial charge on any atom is 0.139 e. The van der Waals surface area contributed by atoms with Gasteiger partial charge in [-0.15, -0.1) is 11.6 Å². The fourth-order valence-electron chi connectivity index (χ4n) is 2.33. The number of aromatic nitrogens is 4. The van der Waals surface area contributed by atoms with Crippen molar-refractivity contribution in [2.75, 3.05) is 5.88 Å². The third-order valence-corrected chi connectivity index (χ3v) is 4.10. The van der Waals surface area contributed by atoms with Gasteiger partial charge in [-0.25, -0.2) is 9.37 Å². The zero-order chi connectivity index (χ0) is 14.8. The molecule has 3 aromatic rings. The van der Waals surface area contributed by atoms with Gasteiger partial charge in [-0.2, -0.15) is 5.10 Å². The molecule has 0 aliphatic heterocycles. The average molecular weight is 372 g/mol. The maximum atomic E-state index is 13.8. The minimum Gasteiger partial charge on any atom is -0.326 e. The topological polar surface area (TPSA) is 35.6 Å². The first-order chi connectivity index (χ1) is 10.2. The van der Waals surface area contributed by atoms with E-state index < -0.39 is 0 Å². The van der Waals surface area contributed by atoms with Crippen molar-refractivity contribution in [2.24, 2.45) is 0 Å². The van der Waals surface area contributed by atoms with Crippen molar-refractivity contribution in [1.82, 2.24) is 19.3 Å². The van der Waals surface area contributed by atoms with Gasteiger partial charge >= 0.3 is 0 Å².